The highest BCUT2D eigenvalue weighted by Gasteiger charge is 2.30. The summed E-state index contributed by atoms with van der Waals surface area (Å²) in [4.78, 5) is 36.4. The topological polar surface area (TPSA) is 93.1 Å². The maximum absolute atomic E-state index is 12.4. The van der Waals surface area contributed by atoms with Gasteiger partial charge in [-0.1, -0.05) is 25.1 Å². The number of rotatable bonds is 4. The molecule has 3 rings (SSSR count). The summed E-state index contributed by atoms with van der Waals surface area (Å²) < 4.78 is 1.29. The van der Waals surface area contributed by atoms with Gasteiger partial charge in [0.25, 0.3) is 11.5 Å². The van der Waals surface area contributed by atoms with Crippen molar-refractivity contribution >= 4 is 22.6 Å². The van der Waals surface area contributed by atoms with Crippen molar-refractivity contribution in [3.8, 4) is 0 Å². The van der Waals surface area contributed by atoms with Gasteiger partial charge in [0, 0.05) is 17.8 Å². The molecule has 0 radical (unpaired) electrons. The number of amides is 2. The first-order valence-electron chi connectivity index (χ1n) is 7.72. The Morgan fingerprint density at radius 1 is 1.22 bits per heavy atom. The zero-order valence-electron chi connectivity index (χ0n) is 12.8. The normalized spacial score (nSPS) is 13.8. The average molecular weight is 314 g/mol. The zero-order chi connectivity index (χ0) is 16.4. The van der Waals surface area contributed by atoms with E-state index in [1.807, 2.05) is 6.92 Å². The lowest BCUT2D eigenvalue weighted by molar-refractivity contribution is -0.123. The van der Waals surface area contributed by atoms with Crippen molar-refractivity contribution in [2.24, 2.45) is 5.92 Å². The summed E-state index contributed by atoms with van der Waals surface area (Å²) in [7, 11) is 0. The van der Waals surface area contributed by atoms with Crippen LogP contribution >= 0.6 is 0 Å². The maximum atomic E-state index is 12.4. The second-order valence-corrected chi connectivity index (χ2v) is 5.64. The van der Waals surface area contributed by atoms with E-state index in [1.54, 1.807) is 24.3 Å². The minimum absolute atomic E-state index is 0.00551. The standard InChI is InChI=1S/C16H18N4O3/c1-2-9-20-16(23)12-6-4-3-5-11(12)13(19-20)15(22)18-17-14(21)10-7-8-10/h3-6,10H,2,7-9H2,1H3,(H,17,21)(H,18,22). The molecule has 1 aliphatic carbocycles. The lowest BCUT2D eigenvalue weighted by Crippen LogP contribution is -2.43. The van der Waals surface area contributed by atoms with Crippen LogP contribution in [0.25, 0.3) is 10.8 Å². The van der Waals surface area contributed by atoms with Crippen LogP contribution in [0.5, 0.6) is 0 Å². The van der Waals surface area contributed by atoms with Crippen LogP contribution in [-0.4, -0.2) is 21.6 Å². The maximum Gasteiger partial charge on any atom is 0.290 e. The number of hydrogen-bond donors (Lipinski definition) is 2. The summed E-state index contributed by atoms with van der Waals surface area (Å²) in [6, 6.07) is 6.84. The summed E-state index contributed by atoms with van der Waals surface area (Å²) >= 11 is 0. The molecule has 1 saturated carbocycles. The molecule has 0 atom stereocenters. The summed E-state index contributed by atoms with van der Waals surface area (Å²) in [6.07, 6.45) is 2.43. The van der Waals surface area contributed by atoms with Crippen LogP contribution in [0.1, 0.15) is 36.7 Å². The van der Waals surface area contributed by atoms with E-state index in [0.717, 1.165) is 19.3 Å². The fourth-order valence-electron chi connectivity index (χ4n) is 2.39. The second kappa shape index (κ2) is 6.20. The van der Waals surface area contributed by atoms with Gasteiger partial charge >= 0.3 is 0 Å². The van der Waals surface area contributed by atoms with Crippen LogP contribution in [0.15, 0.2) is 29.1 Å². The molecule has 1 aromatic carbocycles. The quantitative estimate of drug-likeness (QED) is 0.823. The molecule has 1 aromatic heterocycles. The first kappa shape index (κ1) is 15.2. The Labute approximate surface area is 132 Å². The number of nitrogens with zero attached hydrogens (tertiary/aromatic N) is 2. The Morgan fingerprint density at radius 2 is 1.91 bits per heavy atom. The van der Waals surface area contributed by atoms with Crippen LogP contribution in [0.2, 0.25) is 0 Å². The molecule has 2 amide bonds. The van der Waals surface area contributed by atoms with Crippen molar-refractivity contribution in [1.29, 1.82) is 0 Å². The minimum Gasteiger partial charge on any atom is -0.273 e. The van der Waals surface area contributed by atoms with Gasteiger partial charge < -0.3 is 0 Å². The molecule has 0 bridgehead atoms. The predicted molar refractivity (Wildman–Crippen MR) is 84.6 cm³/mol. The van der Waals surface area contributed by atoms with Gasteiger partial charge in [0.2, 0.25) is 5.91 Å². The first-order chi connectivity index (χ1) is 11.1. The third-order valence-corrected chi connectivity index (χ3v) is 3.77. The molecule has 2 N–H and O–H groups in total. The molecule has 0 spiro atoms. The molecule has 0 aliphatic heterocycles. The molecule has 0 unspecified atom stereocenters. The molecular formula is C16H18N4O3. The molecule has 0 saturated heterocycles. The van der Waals surface area contributed by atoms with Crippen molar-refractivity contribution in [1.82, 2.24) is 20.6 Å². The molecule has 7 nitrogen and oxygen atoms in total. The molecular weight excluding hydrogens is 296 g/mol. The Morgan fingerprint density at radius 3 is 2.57 bits per heavy atom. The van der Waals surface area contributed by atoms with E-state index in [9.17, 15) is 14.4 Å². The number of aromatic nitrogens is 2. The predicted octanol–water partition coefficient (Wildman–Crippen LogP) is 0.977. The van der Waals surface area contributed by atoms with Crippen LogP contribution in [-0.2, 0) is 11.3 Å². The van der Waals surface area contributed by atoms with Gasteiger partial charge in [-0.15, -0.1) is 0 Å². The molecule has 7 heteroatoms. The van der Waals surface area contributed by atoms with Crippen LogP contribution in [0.4, 0.5) is 0 Å². The lowest BCUT2D eigenvalue weighted by atomic mass is 10.1. The number of carbonyl (C=O) groups is 2. The smallest absolute Gasteiger partial charge is 0.273 e. The lowest BCUT2D eigenvalue weighted by Gasteiger charge is -2.11. The number of hydrogen-bond acceptors (Lipinski definition) is 4. The highest BCUT2D eigenvalue weighted by Crippen LogP contribution is 2.28. The first-order valence-corrected chi connectivity index (χ1v) is 7.72. The highest BCUT2D eigenvalue weighted by molar-refractivity contribution is 6.05. The van der Waals surface area contributed by atoms with Gasteiger partial charge in [-0.3, -0.25) is 25.2 Å². The van der Waals surface area contributed by atoms with Crippen molar-refractivity contribution in [2.75, 3.05) is 0 Å². The Bertz CT molecular complexity index is 824. The third-order valence-electron chi connectivity index (χ3n) is 3.77. The van der Waals surface area contributed by atoms with Gasteiger partial charge in [-0.25, -0.2) is 4.68 Å². The van der Waals surface area contributed by atoms with E-state index in [1.165, 1.54) is 4.68 Å². The van der Waals surface area contributed by atoms with Crippen molar-refractivity contribution in [3.63, 3.8) is 0 Å². The van der Waals surface area contributed by atoms with Gasteiger partial charge in [-0.2, -0.15) is 5.10 Å². The van der Waals surface area contributed by atoms with Gasteiger partial charge in [-0.05, 0) is 25.3 Å². The molecule has 1 fully saturated rings. The number of fused-ring (bicyclic) bond motifs is 1. The monoisotopic (exact) mass is 314 g/mol. The van der Waals surface area contributed by atoms with E-state index in [2.05, 4.69) is 16.0 Å². The SMILES string of the molecule is CCCn1nc(C(=O)NNC(=O)C2CC2)c2ccccc2c1=O. The van der Waals surface area contributed by atoms with Crippen molar-refractivity contribution in [3.05, 3.63) is 40.3 Å². The molecule has 1 aliphatic rings. The van der Waals surface area contributed by atoms with Crippen LogP contribution in [0, 0.1) is 5.92 Å². The van der Waals surface area contributed by atoms with Gasteiger partial charge in [0.15, 0.2) is 5.69 Å². The fourth-order valence-corrected chi connectivity index (χ4v) is 2.39. The van der Waals surface area contributed by atoms with Crippen LogP contribution in [0.3, 0.4) is 0 Å². The molecule has 120 valence electrons. The van der Waals surface area contributed by atoms with Crippen LogP contribution < -0.4 is 16.4 Å². The Balaban J connectivity index is 1.94. The molecule has 23 heavy (non-hydrogen) atoms. The van der Waals surface area contributed by atoms with E-state index in [-0.39, 0.29) is 23.1 Å². The largest absolute Gasteiger partial charge is 0.290 e. The summed E-state index contributed by atoms with van der Waals surface area (Å²) in [5.41, 5.74) is 4.70. The number of nitrogens with one attached hydrogen (secondary N) is 2. The van der Waals surface area contributed by atoms with Crippen molar-refractivity contribution in [2.45, 2.75) is 32.7 Å². The summed E-state index contributed by atoms with van der Waals surface area (Å²) in [6.45, 7) is 2.36. The minimum atomic E-state index is -0.528. The molecule has 1 heterocycles. The third kappa shape index (κ3) is 3.08. The Kier molecular flexibility index (Phi) is 4.10. The molecule has 2 aromatic rings. The fraction of sp³-hybridized carbons (Fsp3) is 0.375. The number of hydrazine groups is 1. The van der Waals surface area contributed by atoms with E-state index < -0.39 is 5.91 Å². The van der Waals surface area contributed by atoms with Gasteiger partial charge in [0.1, 0.15) is 0 Å². The summed E-state index contributed by atoms with van der Waals surface area (Å²) in [5.74, 6) is -0.723. The van der Waals surface area contributed by atoms with E-state index in [4.69, 9.17) is 0 Å². The average Bonchev–Trinajstić information content (AvgIpc) is 3.40. The van der Waals surface area contributed by atoms with E-state index >= 15 is 0 Å². The highest BCUT2D eigenvalue weighted by atomic mass is 16.2. The second-order valence-electron chi connectivity index (χ2n) is 5.64. The van der Waals surface area contributed by atoms with E-state index in [0.29, 0.717) is 17.3 Å². The number of benzene rings is 1. The number of carbonyl (C=O) groups excluding carboxylic acids is 2. The van der Waals surface area contributed by atoms with Crippen molar-refractivity contribution < 1.29 is 9.59 Å². The van der Waals surface area contributed by atoms with Gasteiger partial charge in [0.05, 0.1) is 5.39 Å². The summed E-state index contributed by atoms with van der Waals surface area (Å²) in [5, 5.41) is 5.08. The number of aryl methyl sites for hydroxylation is 1. The zero-order valence-corrected chi connectivity index (χ0v) is 12.8. The Hall–Kier alpha value is -2.70.